The van der Waals surface area contributed by atoms with Crippen LogP contribution >= 0.6 is 0 Å². The third kappa shape index (κ3) is 4.30. The van der Waals surface area contributed by atoms with Gasteiger partial charge >= 0.3 is 5.97 Å². The fourth-order valence-electron chi connectivity index (χ4n) is 2.99. The lowest BCUT2D eigenvalue weighted by atomic mass is 10.2. The van der Waals surface area contributed by atoms with Gasteiger partial charge in [0.05, 0.1) is 15.9 Å². The summed E-state index contributed by atoms with van der Waals surface area (Å²) < 4.78 is 28.3. The molecule has 0 saturated heterocycles. The lowest BCUT2D eigenvalue weighted by Crippen LogP contribution is -2.16. The van der Waals surface area contributed by atoms with Crippen molar-refractivity contribution in [2.45, 2.75) is 11.8 Å². The number of phenols is 1. The first-order valence-corrected chi connectivity index (χ1v) is 10.9. The number of aromatic carboxylic acids is 1. The zero-order valence-electron chi connectivity index (χ0n) is 16.8. The lowest BCUT2D eigenvalue weighted by molar-refractivity contribution is 0.0693. The molecule has 0 atom stereocenters. The van der Waals surface area contributed by atoms with Crippen molar-refractivity contribution in [3.05, 3.63) is 77.9 Å². The monoisotopic (exact) mass is 450 g/mol. The second-order valence-electron chi connectivity index (χ2n) is 6.99. The van der Waals surface area contributed by atoms with Crippen LogP contribution in [0.4, 0.5) is 17.3 Å². The Balaban J connectivity index is 1.76. The number of para-hydroxylation sites is 2. The number of nitrogens with one attached hydrogen (secondary N) is 2. The highest BCUT2D eigenvalue weighted by Gasteiger charge is 2.19. The van der Waals surface area contributed by atoms with E-state index in [0.29, 0.717) is 16.7 Å². The van der Waals surface area contributed by atoms with Gasteiger partial charge in [-0.2, -0.15) is 0 Å². The number of hydrogen-bond acceptors (Lipinski definition) is 7. The molecule has 0 radical (unpaired) electrons. The van der Waals surface area contributed by atoms with Gasteiger partial charge in [-0.25, -0.2) is 23.2 Å². The largest absolute Gasteiger partial charge is 0.507 e. The van der Waals surface area contributed by atoms with E-state index in [0.717, 1.165) is 5.56 Å². The maximum absolute atomic E-state index is 12.9. The van der Waals surface area contributed by atoms with Gasteiger partial charge in [0.25, 0.3) is 10.0 Å². The molecular weight excluding hydrogens is 432 g/mol. The first kappa shape index (κ1) is 21.1. The molecule has 0 aliphatic heterocycles. The van der Waals surface area contributed by atoms with Gasteiger partial charge in [-0.1, -0.05) is 29.8 Å². The smallest absolute Gasteiger partial charge is 0.339 e. The van der Waals surface area contributed by atoms with Gasteiger partial charge in [-0.05, 0) is 43.3 Å². The molecule has 0 unspecified atom stereocenters. The number of rotatable bonds is 6. The van der Waals surface area contributed by atoms with Gasteiger partial charge in [-0.3, -0.25) is 4.72 Å². The van der Waals surface area contributed by atoms with Crippen LogP contribution in [-0.2, 0) is 10.0 Å². The van der Waals surface area contributed by atoms with Crippen molar-refractivity contribution >= 4 is 44.3 Å². The Morgan fingerprint density at radius 3 is 2.12 bits per heavy atom. The van der Waals surface area contributed by atoms with E-state index in [1.54, 1.807) is 36.4 Å². The number of nitrogens with zero attached hydrogens (tertiary/aromatic N) is 2. The van der Waals surface area contributed by atoms with E-state index in [2.05, 4.69) is 20.0 Å². The minimum Gasteiger partial charge on any atom is -0.507 e. The van der Waals surface area contributed by atoms with Crippen LogP contribution in [0.5, 0.6) is 5.75 Å². The Kier molecular flexibility index (Phi) is 5.37. The Labute approximate surface area is 183 Å². The fraction of sp³-hybridized carbons (Fsp3) is 0.0455. The second kappa shape index (κ2) is 8.16. The molecule has 0 bridgehead atoms. The molecule has 1 aromatic heterocycles. The van der Waals surface area contributed by atoms with Crippen molar-refractivity contribution in [2.24, 2.45) is 0 Å². The van der Waals surface area contributed by atoms with E-state index < -0.39 is 21.7 Å². The Hall–Kier alpha value is -4.18. The van der Waals surface area contributed by atoms with Crippen molar-refractivity contribution in [1.29, 1.82) is 0 Å². The summed E-state index contributed by atoms with van der Waals surface area (Å²) in [6.45, 7) is 1.85. The predicted molar refractivity (Wildman–Crippen MR) is 120 cm³/mol. The topological polar surface area (TPSA) is 142 Å². The highest BCUT2D eigenvalue weighted by Crippen LogP contribution is 2.29. The molecule has 4 rings (SSSR count). The molecule has 32 heavy (non-hydrogen) atoms. The molecule has 1 heterocycles. The normalized spacial score (nSPS) is 11.3. The van der Waals surface area contributed by atoms with Crippen LogP contribution < -0.4 is 10.0 Å². The summed E-state index contributed by atoms with van der Waals surface area (Å²) in [7, 11) is -3.96. The predicted octanol–water partition coefficient (Wildman–Crippen LogP) is 3.89. The lowest BCUT2D eigenvalue weighted by Gasteiger charge is -2.14. The minimum atomic E-state index is -3.96. The molecule has 4 aromatic rings. The average molecular weight is 450 g/mol. The van der Waals surface area contributed by atoms with Crippen LogP contribution in [-0.4, -0.2) is 34.6 Å². The van der Waals surface area contributed by atoms with Crippen LogP contribution in [0.15, 0.2) is 71.6 Å². The van der Waals surface area contributed by atoms with E-state index >= 15 is 0 Å². The number of fused-ring (bicyclic) bond motifs is 1. The van der Waals surface area contributed by atoms with Gasteiger partial charge in [0.1, 0.15) is 11.3 Å². The quantitative estimate of drug-likeness (QED) is 0.347. The van der Waals surface area contributed by atoms with Gasteiger partial charge in [0.2, 0.25) is 0 Å². The Morgan fingerprint density at radius 1 is 0.906 bits per heavy atom. The highest BCUT2D eigenvalue weighted by molar-refractivity contribution is 7.92. The molecule has 0 aliphatic carbocycles. The summed E-state index contributed by atoms with van der Waals surface area (Å²) in [5, 5.41) is 22.0. The second-order valence-corrected chi connectivity index (χ2v) is 8.67. The number of benzene rings is 3. The highest BCUT2D eigenvalue weighted by atomic mass is 32.2. The summed E-state index contributed by atoms with van der Waals surface area (Å²) in [5.41, 5.74) is 1.94. The first-order valence-electron chi connectivity index (χ1n) is 9.42. The fourth-order valence-corrected chi connectivity index (χ4v) is 4.00. The Bertz CT molecular complexity index is 1440. The third-order valence-corrected chi connectivity index (χ3v) is 5.98. The van der Waals surface area contributed by atoms with E-state index in [1.807, 2.05) is 6.92 Å². The van der Waals surface area contributed by atoms with E-state index in [4.69, 9.17) is 5.11 Å². The number of anilines is 3. The number of aromatic hydroxyl groups is 1. The van der Waals surface area contributed by atoms with Crippen LogP contribution in [0, 0.1) is 6.92 Å². The Morgan fingerprint density at radius 2 is 1.53 bits per heavy atom. The molecule has 0 saturated carbocycles. The zero-order chi connectivity index (χ0) is 22.9. The van der Waals surface area contributed by atoms with Crippen molar-refractivity contribution < 1.29 is 23.4 Å². The summed E-state index contributed by atoms with van der Waals surface area (Å²) in [6, 6.07) is 17.2. The van der Waals surface area contributed by atoms with Crippen LogP contribution in [0.1, 0.15) is 15.9 Å². The number of carbonyl (C=O) groups is 1. The van der Waals surface area contributed by atoms with Crippen molar-refractivity contribution in [1.82, 2.24) is 9.97 Å². The molecular formula is C22H18N4O5S. The van der Waals surface area contributed by atoms with Crippen LogP contribution in [0.3, 0.4) is 0 Å². The van der Waals surface area contributed by atoms with Crippen molar-refractivity contribution in [3.8, 4) is 5.75 Å². The number of hydrogen-bond donors (Lipinski definition) is 4. The van der Waals surface area contributed by atoms with Crippen molar-refractivity contribution in [3.63, 3.8) is 0 Å². The maximum atomic E-state index is 12.9. The molecule has 4 N–H and O–H groups in total. The molecule has 0 amide bonds. The number of aryl methyl sites for hydroxylation is 1. The number of sulfonamides is 1. The van der Waals surface area contributed by atoms with E-state index in [9.17, 15) is 18.3 Å². The zero-order valence-corrected chi connectivity index (χ0v) is 17.6. The molecule has 3 aromatic carbocycles. The molecule has 162 valence electrons. The van der Waals surface area contributed by atoms with Gasteiger partial charge in [-0.15, -0.1) is 0 Å². The van der Waals surface area contributed by atoms with Crippen molar-refractivity contribution in [2.75, 3.05) is 10.0 Å². The number of carboxylic acids is 1. The summed E-state index contributed by atoms with van der Waals surface area (Å²) in [6.07, 6.45) is 0. The summed E-state index contributed by atoms with van der Waals surface area (Å²) in [5.74, 6) is -1.68. The van der Waals surface area contributed by atoms with E-state index in [1.165, 1.54) is 30.3 Å². The van der Waals surface area contributed by atoms with Crippen LogP contribution in [0.25, 0.3) is 11.0 Å². The van der Waals surface area contributed by atoms with Crippen LogP contribution in [0.2, 0.25) is 0 Å². The number of aromatic nitrogens is 2. The summed E-state index contributed by atoms with van der Waals surface area (Å²) >= 11 is 0. The SMILES string of the molecule is Cc1ccc(S(=O)(=O)Nc2nc3ccccc3nc2Nc2ccc(C(=O)O)c(O)c2)cc1. The molecule has 9 nitrogen and oxygen atoms in total. The van der Waals surface area contributed by atoms with E-state index in [-0.39, 0.29) is 22.1 Å². The standard InChI is InChI=1S/C22H18N4O5S/c1-13-6-9-15(10-7-13)32(30,31)26-21-20(24-17-4-2-3-5-18(17)25-21)23-14-8-11-16(22(28)29)19(27)12-14/h2-12,27H,1H3,(H,23,24)(H,25,26)(H,28,29). The maximum Gasteiger partial charge on any atom is 0.339 e. The molecule has 10 heteroatoms. The molecule has 0 spiro atoms. The molecule has 0 aliphatic rings. The van der Waals surface area contributed by atoms with Gasteiger partial charge in [0, 0.05) is 11.8 Å². The summed E-state index contributed by atoms with van der Waals surface area (Å²) in [4.78, 5) is 20.0. The third-order valence-electron chi connectivity index (χ3n) is 4.62. The minimum absolute atomic E-state index is 0.0499. The average Bonchev–Trinajstić information content (AvgIpc) is 2.74. The first-order chi connectivity index (χ1) is 15.2. The number of carboxylic acid groups (broad SMARTS) is 1. The van der Waals surface area contributed by atoms with Gasteiger partial charge < -0.3 is 15.5 Å². The molecule has 0 fully saturated rings. The van der Waals surface area contributed by atoms with Gasteiger partial charge in [0.15, 0.2) is 11.6 Å².